The van der Waals surface area contributed by atoms with Crippen molar-refractivity contribution in [2.24, 2.45) is 4.99 Å². The van der Waals surface area contributed by atoms with E-state index in [-0.39, 0.29) is 41.1 Å². The molecule has 30 heavy (non-hydrogen) atoms. The van der Waals surface area contributed by atoms with Gasteiger partial charge in [0.1, 0.15) is 5.82 Å². The molecule has 1 aromatic rings. The lowest BCUT2D eigenvalue weighted by Crippen LogP contribution is -2.46. The number of nitrogens with one attached hydrogen (secondary N) is 2. The largest absolute Gasteiger partial charge is 0.378 e. The lowest BCUT2D eigenvalue weighted by atomic mass is 9.95. The van der Waals surface area contributed by atoms with Gasteiger partial charge in [0.05, 0.1) is 18.9 Å². The Bertz CT molecular complexity index is 731. The molecule has 2 fully saturated rings. The number of ether oxygens (including phenoxy) is 1. The zero-order valence-corrected chi connectivity index (χ0v) is 21.0. The average Bonchev–Trinajstić information content (AvgIpc) is 2.77. The first-order chi connectivity index (χ1) is 14.1. The van der Waals surface area contributed by atoms with Gasteiger partial charge in [-0.3, -0.25) is 9.20 Å². The van der Waals surface area contributed by atoms with Crippen molar-refractivity contribution >= 4 is 46.4 Å². The highest BCUT2D eigenvalue weighted by atomic mass is 127. The standard InChI is InChI=1S/C21H33FN4O2S.HI/c1-3-29(27)18-6-4-5-17(14-18)25-21(23-2)24-15-16-7-8-20(19(22)13-16)26-9-11-28-12-10-26;/h7-8,13,17-18H,3-6,9-12,14-15H2,1-2H3,(H2,23,24,25);1H. The monoisotopic (exact) mass is 552 g/mol. The fraction of sp³-hybridized carbons (Fsp3) is 0.667. The number of benzene rings is 1. The van der Waals surface area contributed by atoms with Crippen molar-refractivity contribution in [2.45, 2.75) is 50.4 Å². The van der Waals surface area contributed by atoms with Crippen molar-refractivity contribution in [3.8, 4) is 0 Å². The van der Waals surface area contributed by atoms with E-state index >= 15 is 0 Å². The van der Waals surface area contributed by atoms with E-state index < -0.39 is 10.8 Å². The van der Waals surface area contributed by atoms with Crippen LogP contribution in [0.5, 0.6) is 0 Å². The summed E-state index contributed by atoms with van der Waals surface area (Å²) in [6.07, 6.45) is 4.09. The molecule has 0 bridgehead atoms. The number of halogens is 2. The second-order valence-electron chi connectivity index (χ2n) is 7.61. The predicted molar refractivity (Wildman–Crippen MR) is 133 cm³/mol. The van der Waals surface area contributed by atoms with E-state index in [1.807, 2.05) is 24.0 Å². The number of guanidine groups is 1. The number of rotatable bonds is 6. The molecule has 0 aromatic heterocycles. The van der Waals surface area contributed by atoms with E-state index in [0.29, 0.717) is 31.4 Å². The second-order valence-corrected chi connectivity index (χ2v) is 9.62. The van der Waals surface area contributed by atoms with Gasteiger partial charge in [0.2, 0.25) is 0 Å². The zero-order valence-electron chi connectivity index (χ0n) is 17.9. The Morgan fingerprint density at radius 1 is 1.33 bits per heavy atom. The first-order valence-electron chi connectivity index (χ1n) is 10.6. The summed E-state index contributed by atoms with van der Waals surface area (Å²) >= 11 is 0. The van der Waals surface area contributed by atoms with Crippen LogP contribution in [0.25, 0.3) is 0 Å². The molecule has 9 heteroatoms. The molecule has 2 N–H and O–H groups in total. The highest BCUT2D eigenvalue weighted by molar-refractivity contribution is 14.0. The molecule has 0 amide bonds. The van der Waals surface area contributed by atoms with Gasteiger partial charge in [-0.05, 0) is 37.0 Å². The third kappa shape index (κ3) is 7.05. The van der Waals surface area contributed by atoms with Crippen molar-refractivity contribution in [3.63, 3.8) is 0 Å². The molecule has 0 radical (unpaired) electrons. The number of morpholine rings is 1. The van der Waals surface area contributed by atoms with Crippen molar-refractivity contribution in [3.05, 3.63) is 29.6 Å². The van der Waals surface area contributed by atoms with Crippen molar-refractivity contribution in [2.75, 3.05) is 44.0 Å². The molecule has 3 atom stereocenters. The zero-order chi connectivity index (χ0) is 20.6. The third-order valence-corrected chi connectivity index (χ3v) is 7.41. The lowest BCUT2D eigenvalue weighted by Gasteiger charge is -2.30. The lowest BCUT2D eigenvalue weighted by molar-refractivity contribution is 0.122. The molecule has 1 aliphatic carbocycles. The van der Waals surface area contributed by atoms with Gasteiger partial charge in [-0.25, -0.2) is 4.39 Å². The Kier molecular flexibility index (Phi) is 10.8. The number of hydrogen-bond donors (Lipinski definition) is 2. The Morgan fingerprint density at radius 2 is 2.10 bits per heavy atom. The van der Waals surface area contributed by atoms with Crippen molar-refractivity contribution < 1.29 is 13.3 Å². The molecule has 6 nitrogen and oxygen atoms in total. The number of hydrogen-bond acceptors (Lipinski definition) is 4. The fourth-order valence-corrected chi connectivity index (χ4v) is 5.39. The van der Waals surface area contributed by atoms with Gasteiger partial charge in [-0.1, -0.05) is 19.4 Å². The molecule has 170 valence electrons. The molecule has 1 heterocycles. The highest BCUT2D eigenvalue weighted by Crippen LogP contribution is 2.23. The highest BCUT2D eigenvalue weighted by Gasteiger charge is 2.26. The van der Waals surface area contributed by atoms with Crippen LogP contribution in [0.3, 0.4) is 0 Å². The minimum atomic E-state index is -0.745. The summed E-state index contributed by atoms with van der Waals surface area (Å²) < 4.78 is 32.1. The number of aliphatic imine (C=N–C) groups is 1. The minimum absolute atomic E-state index is 0. The molecule has 1 aliphatic heterocycles. The Hall–Kier alpha value is -0.940. The maximum Gasteiger partial charge on any atom is 0.191 e. The van der Waals surface area contributed by atoms with Gasteiger partial charge in [0.15, 0.2) is 5.96 Å². The maximum atomic E-state index is 14.6. The van der Waals surface area contributed by atoms with Gasteiger partial charge in [-0.2, -0.15) is 0 Å². The van der Waals surface area contributed by atoms with Crippen LogP contribution >= 0.6 is 24.0 Å². The Morgan fingerprint density at radius 3 is 2.77 bits per heavy atom. The minimum Gasteiger partial charge on any atom is -0.378 e. The summed E-state index contributed by atoms with van der Waals surface area (Å²) in [4.78, 5) is 6.33. The molecular formula is C21H34FIN4O2S. The predicted octanol–water partition coefficient (Wildman–Crippen LogP) is 3.03. The van der Waals surface area contributed by atoms with Crippen LogP contribution in [0.15, 0.2) is 23.2 Å². The van der Waals surface area contributed by atoms with E-state index in [1.54, 1.807) is 13.1 Å². The van der Waals surface area contributed by atoms with Crippen LogP contribution in [0.4, 0.5) is 10.1 Å². The van der Waals surface area contributed by atoms with Crippen LogP contribution in [-0.2, 0) is 22.1 Å². The molecule has 3 rings (SSSR count). The van der Waals surface area contributed by atoms with Crippen molar-refractivity contribution in [1.82, 2.24) is 10.6 Å². The second kappa shape index (κ2) is 12.8. The quantitative estimate of drug-likeness (QED) is 0.323. The van der Waals surface area contributed by atoms with E-state index in [1.165, 1.54) is 0 Å². The van der Waals surface area contributed by atoms with Crippen molar-refractivity contribution in [1.29, 1.82) is 0 Å². The summed E-state index contributed by atoms with van der Waals surface area (Å²) in [5.41, 5.74) is 1.51. The molecule has 1 saturated carbocycles. The van der Waals surface area contributed by atoms with Gasteiger partial charge >= 0.3 is 0 Å². The van der Waals surface area contributed by atoms with Gasteiger partial charge in [-0.15, -0.1) is 24.0 Å². The molecule has 1 saturated heterocycles. The molecule has 3 unspecified atom stereocenters. The normalized spacial score (nSPS) is 23.4. The molecular weight excluding hydrogens is 518 g/mol. The van der Waals surface area contributed by atoms with Gasteiger partial charge in [0, 0.05) is 54.5 Å². The van der Waals surface area contributed by atoms with E-state index in [9.17, 15) is 8.60 Å². The van der Waals surface area contributed by atoms with Crippen LogP contribution < -0.4 is 15.5 Å². The van der Waals surface area contributed by atoms with Gasteiger partial charge < -0.3 is 20.3 Å². The third-order valence-electron chi connectivity index (χ3n) is 5.67. The number of nitrogens with zero attached hydrogens (tertiary/aromatic N) is 2. The summed E-state index contributed by atoms with van der Waals surface area (Å²) in [5.74, 6) is 1.22. The van der Waals surface area contributed by atoms with Crippen LogP contribution in [0.1, 0.15) is 38.2 Å². The van der Waals surface area contributed by atoms with E-state index in [2.05, 4.69) is 15.6 Å². The summed E-state index contributed by atoms with van der Waals surface area (Å²) in [5, 5.41) is 7.00. The van der Waals surface area contributed by atoms with Gasteiger partial charge in [0.25, 0.3) is 0 Å². The molecule has 0 spiro atoms. The topological polar surface area (TPSA) is 66.0 Å². The number of anilines is 1. The van der Waals surface area contributed by atoms with Crippen LogP contribution in [0, 0.1) is 5.82 Å². The first kappa shape index (κ1) is 25.3. The van der Waals surface area contributed by atoms with Crippen LogP contribution in [-0.4, -0.2) is 60.6 Å². The van der Waals surface area contributed by atoms with Crippen LogP contribution in [0.2, 0.25) is 0 Å². The van der Waals surface area contributed by atoms with E-state index in [4.69, 9.17) is 4.74 Å². The Labute approximate surface area is 198 Å². The fourth-order valence-electron chi connectivity index (χ4n) is 4.05. The summed E-state index contributed by atoms with van der Waals surface area (Å²) in [6, 6.07) is 5.66. The molecule has 2 aliphatic rings. The summed E-state index contributed by atoms with van der Waals surface area (Å²) in [6.45, 7) is 5.19. The smallest absolute Gasteiger partial charge is 0.191 e. The maximum absolute atomic E-state index is 14.6. The summed E-state index contributed by atoms with van der Waals surface area (Å²) in [7, 11) is 0.993. The average molecular weight is 552 g/mol. The van der Waals surface area contributed by atoms with E-state index in [0.717, 1.165) is 50.1 Å². The first-order valence-corrected chi connectivity index (χ1v) is 11.9. The Balaban J connectivity index is 0.00000320. The molecule has 1 aromatic carbocycles. The SMILES string of the molecule is CCS(=O)C1CCCC(NC(=NC)NCc2ccc(N3CCOCC3)c(F)c2)C1.I.